The van der Waals surface area contributed by atoms with Gasteiger partial charge in [0, 0.05) is 55.7 Å². The Morgan fingerprint density at radius 2 is 1.78 bits per heavy atom. The number of hydrogen-bond acceptors (Lipinski definition) is 8. The number of methoxy groups -OCH3 is 1. The number of anilines is 3. The van der Waals surface area contributed by atoms with E-state index in [0.717, 1.165) is 18.5 Å². The van der Waals surface area contributed by atoms with Gasteiger partial charge in [-0.05, 0) is 39.0 Å². The Kier molecular flexibility index (Phi) is 6.45. The van der Waals surface area contributed by atoms with E-state index in [1.165, 1.54) is 6.20 Å². The molecule has 11 heteroatoms. The first-order valence-corrected chi connectivity index (χ1v) is 12.2. The van der Waals surface area contributed by atoms with E-state index in [4.69, 9.17) is 9.47 Å². The fourth-order valence-electron chi connectivity index (χ4n) is 4.86. The Labute approximate surface area is 215 Å². The predicted octanol–water partition coefficient (Wildman–Crippen LogP) is 3.98. The third-order valence-corrected chi connectivity index (χ3v) is 6.52. The molecule has 4 heterocycles. The lowest BCUT2D eigenvalue weighted by Gasteiger charge is -2.26. The van der Waals surface area contributed by atoms with Crippen molar-refractivity contribution in [1.82, 2.24) is 19.9 Å². The second-order valence-electron chi connectivity index (χ2n) is 10.4. The third-order valence-electron chi connectivity index (χ3n) is 6.52. The summed E-state index contributed by atoms with van der Waals surface area (Å²) in [4.78, 5) is 42.4. The quantitative estimate of drug-likeness (QED) is 0.546. The number of benzene rings is 1. The van der Waals surface area contributed by atoms with Crippen LogP contribution in [0.3, 0.4) is 0 Å². The van der Waals surface area contributed by atoms with Crippen molar-refractivity contribution in [3.05, 3.63) is 42.9 Å². The minimum absolute atomic E-state index is 0.258. The molecule has 2 aliphatic heterocycles. The highest BCUT2D eigenvalue weighted by molar-refractivity contribution is 6.05. The number of nitrogens with zero attached hydrogens (tertiary/aromatic N) is 5. The van der Waals surface area contributed by atoms with E-state index < -0.39 is 11.6 Å². The number of nitrogens with one attached hydrogen (secondary N) is 2. The van der Waals surface area contributed by atoms with Crippen LogP contribution < -0.4 is 20.3 Å². The molecule has 0 spiro atoms. The zero-order valence-electron chi connectivity index (χ0n) is 21.4. The van der Waals surface area contributed by atoms with Crippen molar-refractivity contribution >= 4 is 40.4 Å². The Balaban J connectivity index is 1.20. The summed E-state index contributed by atoms with van der Waals surface area (Å²) in [6.07, 6.45) is 4.58. The molecule has 1 aromatic carbocycles. The molecule has 37 heavy (non-hydrogen) atoms. The topological polar surface area (TPSA) is 122 Å². The van der Waals surface area contributed by atoms with Gasteiger partial charge in [-0.1, -0.05) is 0 Å². The highest BCUT2D eigenvalue weighted by Crippen LogP contribution is 2.34. The molecule has 11 nitrogen and oxygen atoms in total. The standard InChI is InChI=1S/C26H31N7O4/c1-26(2,3)37-25(35)33-14-16-12-32(13-17(16)15-33)23-11-27-10-22(30-23)31-24(34)29-20-7-8-28-21-9-18(36-4)5-6-19(20)21/h5-11,16-17H,12-15H2,1-4H3,(H2,28,29,30,31,34). The average molecular weight is 506 g/mol. The number of ether oxygens (including phenoxy) is 2. The first-order valence-electron chi connectivity index (χ1n) is 12.2. The summed E-state index contributed by atoms with van der Waals surface area (Å²) in [7, 11) is 1.60. The van der Waals surface area contributed by atoms with Crippen LogP contribution in [0.15, 0.2) is 42.9 Å². The van der Waals surface area contributed by atoms with Crippen molar-refractivity contribution < 1.29 is 19.1 Å². The first-order chi connectivity index (χ1) is 17.7. The van der Waals surface area contributed by atoms with E-state index in [2.05, 4.69) is 30.5 Å². The van der Waals surface area contributed by atoms with Gasteiger partial charge < -0.3 is 24.6 Å². The molecule has 2 aromatic heterocycles. The van der Waals surface area contributed by atoms with Gasteiger partial charge in [0.2, 0.25) is 0 Å². The number of fused-ring (bicyclic) bond motifs is 2. The molecule has 3 amide bonds. The zero-order valence-corrected chi connectivity index (χ0v) is 21.4. The number of urea groups is 1. The largest absolute Gasteiger partial charge is 0.497 e. The Hall–Kier alpha value is -4.15. The molecule has 2 N–H and O–H groups in total. The van der Waals surface area contributed by atoms with Gasteiger partial charge in [0.15, 0.2) is 5.82 Å². The van der Waals surface area contributed by atoms with Crippen molar-refractivity contribution in [2.24, 2.45) is 11.8 Å². The average Bonchev–Trinajstić information content (AvgIpc) is 3.43. The SMILES string of the molecule is COc1ccc2c(NC(=O)Nc3cncc(N4CC5CN(C(=O)OC(C)(C)C)CC5C4)n3)ccnc2c1. The van der Waals surface area contributed by atoms with Gasteiger partial charge >= 0.3 is 12.1 Å². The molecule has 194 valence electrons. The summed E-state index contributed by atoms with van der Waals surface area (Å²) in [6, 6.07) is 6.79. The number of carbonyl (C=O) groups is 2. The van der Waals surface area contributed by atoms with Gasteiger partial charge in [-0.15, -0.1) is 0 Å². The molecule has 2 unspecified atom stereocenters. The summed E-state index contributed by atoms with van der Waals surface area (Å²) in [6.45, 7) is 8.48. The molecule has 2 fully saturated rings. The molecule has 2 aliphatic rings. The number of hydrogen-bond donors (Lipinski definition) is 2. The molecule has 0 aliphatic carbocycles. The van der Waals surface area contributed by atoms with Crippen LogP contribution in [0.1, 0.15) is 20.8 Å². The van der Waals surface area contributed by atoms with Crippen LogP contribution in [0.4, 0.5) is 26.9 Å². The fourth-order valence-corrected chi connectivity index (χ4v) is 4.86. The lowest BCUT2D eigenvalue weighted by atomic mass is 10.0. The molecular formula is C26H31N7O4. The summed E-state index contributed by atoms with van der Waals surface area (Å²) < 4.78 is 10.8. The third kappa shape index (κ3) is 5.50. The maximum Gasteiger partial charge on any atom is 0.410 e. The van der Waals surface area contributed by atoms with Crippen molar-refractivity contribution in [1.29, 1.82) is 0 Å². The molecule has 3 aromatic rings. The Bertz CT molecular complexity index is 1310. The van der Waals surface area contributed by atoms with Crippen LogP contribution in [0.25, 0.3) is 10.9 Å². The number of rotatable bonds is 4. The smallest absolute Gasteiger partial charge is 0.410 e. The Morgan fingerprint density at radius 3 is 2.49 bits per heavy atom. The Morgan fingerprint density at radius 1 is 1.03 bits per heavy atom. The minimum Gasteiger partial charge on any atom is -0.497 e. The molecule has 0 saturated carbocycles. The van der Waals surface area contributed by atoms with Gasteiger partial charge in [-0.25, -0.2) is 14.6 Å². The van der Waals surface area contributed by atoms with Gasteiger partial charge in [0.05, 0.1) is 30.7 Å². The van der Waals surface area contributed by atoms with E-state index >= 15 is 0 Å². The molecule has 0 bridgehead atoms. The zero-order chi connectivity index (χ0) is 26.2. The van der Waals surface area contributed by atoms with Gasteiger partial charge in [0.1, 0.15) is 17.2 Å². The highest BCUT2D eigenvalue weighted by Gasteiger charge is 2.43. The van der Waals surface area contributed by atoms with Crippen molar-refractivity contribution in [2.75, 3.05) is 48.8 Å². The van der Waals surface area contributed by atoms with Crippen LogP contribution in [0.5, 0.6) is 5.75 Å². The maximum atomic E-state index is 12.7. The van der Waals surface area contributed by atoms with E-state index in [9.17, 15) is 9.59 Å². The highest BCUT2D eigenvalue weighted by atomic mass is 16.6. The number of pyridine rings is 1. The van der Waals surface area contributed by atoms with Gasteiger partial charge in [-0.3, -0.25) is 15.3 Å². The lowest BCUT2D eigenvalue weighted by molar-refractivity contribution is 0.0282. The van der Waals surface area contributed by atoms with Gasteiger partial charge in [0.25, 0.3) is 0 Å². The van der Waals surface area contributed by atoms with Crippen molar-refractivity contribution in [3.63, 3.8) is 0 Å². The summed E-state index contributed by atoms with van der Waals surface area (Å²) in [5.41, 5.74) is 0.828. The van der Waals surface area contributed by atoms with Crippen LogP contribution in [0, 0.1) is 11.8 Å². The van der Waals surface area contributed by atoms with Crippen LogP contribution in [-0.2, 0) is 4.74 Å². The second kappa shape index (κ2) is 9.72. The molecule has 2 atom stereocenters. The molecule has 2 saturated heterocycles. The van der Waals surface area contributed by atoms with E-state index in [-0.39, 0.29) is 6.09 Å². The van der Waals surface area contributed by atoms with Crippen LogP contribution >= 0.6 is 0 Å². The van der Waals surface area contributed by atoms with Crippen molar-refractivity contribution in [3.8, 4) is 5.75 Å². The van der Waals surface area contributed by atoms with Crippen LogP contribution in [0.2, 0.25) is 0 Å². The maximum absolute atomic E-state index is 12.7. The lowest BCUT2D eigenvalue weighted by Crippen LogP contribution is -2.37. The monoisotopic (exact) mass is 505 g/mol. The molecule has 0 radical (unpaired) electrons. The predicted molar refractivity (Wildman–Crippen MR) is 140 cm³/mol. The number of amides is 3. The summed E-state index contributed by atoms with van der Waals surface area (Å²) >= 11 is 0. The van der Waals surface area contributed by atoms with Crippen molar-refractivity contribution in [2.45, 2.75) is 26.4 Å². The second-order valence-corrected chi connectivity index (χ2v) is 10.4. The number of carbonyl (C=O) groups excluding carboxylic acids is 2. The molecular weight excluding hydrogens is 474 g/mol. The summed E-state index contributed by atoms with van der Waals surface area (Å²) in [5, 5.41) is 6.43. The van der Waals surface area contributed by atoms with Crippen LogP contribution in [-0.4, -0.2) is 70.9 Å². The van der Waals surface area contributed by atoms with E-state index in [1.807, 2.05) is 39.0 Å². The minimum atomic E-state index is -0.506. The van der Waals surface area contributed by atoms with E-state index in [1.54, 1.807) is 30.5 Å². The first kappa shape index (κ1) is 24.5. The molecule has 5 rings (SSSR count). The van der Waals surface area contributed by atoms with E-state index in [0.29, 0.717) is 53.5 Å². The fraction of sp³-hybridized carbons (Fsp3) is 0.423. The normalized spacial score (nSPS) is 19.0. The number of aromatic nitrogens is 3. The summed E-state index contributed by atoms with van der Waals surface area (Å²) in [5.74, 6) is 2.41. The number of likely N-dealkylation sites (tertiary alicyclic amines) is 1. The van der Waals surface area contributed by atoms with Gasteiger partial charge in [-0.2, -0.15) is 0 Å².